The van der Waals surface area contributed by atoms with Gasteiger partial charge in [0.15, 0.2) is 6.61 Å². The predicted octanol–water partition coefficient (Wildman–Crippen LogP) is 5.30. The normalized spacial score (nSPS) is 10.3. The highest BCUT2D eigenvalue weighted by molar-refractivity contribution is 6.31. The van der Waals surface area contributed by atoms with Gasteiger partial charge in [0, 0.05) is 5.02 Å². The van der Waals surface area contributed by atoms with E-state index in [-0.39, 0.29) is 6.61 Å². The van der Waals surface area contributed by atoms with Gasteiger partial charge in [0.05, 0.1) is 0 Å². The van der Waals surface area contributed by atoms with Crippen LogP contribution in [0.3, 0.4) is 0 Å². The van der Waals surface area contributed by atoms with Gasteiger partial charge < -0.3 is 9.47 Å². The van der Waals surface area contributed by atoms with Gasteiger partial charge in [0.1, 0.15) is 11.5 Å². The summed E-state index contributed by atoms with van der Waals surface area (Å²) in [5.41, 5.74) is 3.14. The van der Waals surface area contributed by atoms with Crippen LogP contribution in [-0.2, 0) is 4.79 Å². The molecule has 126 valence electrons. The second-order valence-corrected chi connectivity index (χ2v) is 5.97. The minimum atomic E-state index is -0.480. The first-order valence-corrected chi connectivity index (χ1v) is 8.25. The van der Waals surface area contributed by atoms with Gasteiger partial charge in [-0.25, -0.2) is 4.79 Å². The van der Waals surface area contributed by atoms with Crippen LogP contribution in [0.1, 0.15) is 5.56 Å². The molecule has 25 heavy (non-hydrogen) atoms. The number of carbonyl (C=O) groups excluding carboxylic acids is 1. The fourth-order valence-corrected chi connectivity index (χ4v) is 2.48. The second kappa shape index (κ2) is 7.86. The van der Waals surface area contributed by atoms with Crippen molar-refractivity contribution in [3.8, 4) is 22.6 Å². The average Bonchev–Trinajstić information content (AvgIpc) is 2.64. The van der Waals surface area contributed by atoms with E-state index in [1.165, 1.54) is 0 Å². The van der Waals surface area contributed by atoms with Crippen molar-refractivity contribution in [2.45, 2.75) is 6.92 Å². The Hall–Kier alpha value is -2.78. The molecule has 0 bridgehead atoms. The Labute approximate surface area is 151 Å². The maximum atomic E-state index is 11.9. The van der Waals surface area contributed by atoms with Crippen molar-refractivity contribution < 1.29 is 14.3 Å². The van der Waals surface area contributed by atoms with E-state index in [9.17, 15) is 4.79 Å². The maximum Gasteiger partial charge on any atom is 0.349 e. The van der Waals surface area contributed by atoms with Gasteiger partial charge in [-0.1, -0.05) is 60.1 Å². The molecular formula is C21H17ClO3. The van der Waals surface area contributed by atoms with Crippen molar-refractivity contribution in [2.75, 3.05) is 6.61 Å². The average molecular weight is 353 g/mol. The number of hydrogen-bond acceptors (Lipinski definition) is 3. The van der Waals surface area contributed by atoms with Gasteiger partial charge in [0.2, 0.25) is 0 Å². The molecule has 0 aromatic heterocycles. The number of hydrogen-bond donors (Lipinski definition) is 0. The molecule has 0 fully saturated rings. The molecule has 0 unspecified atom stereocenters. The molecule has 3 aromatic carbocycles. The van der Waals surface area contributed by atoms with Crippen molar-refractivity contribution in [3.05, 3.63) is 83.4 Å². The lowest BCUT2D eigenvalue weighted by atomic mass is 10.1. The summed E-state index contributed by atoms with van der Waals surface area (Å²) in [5.74, 6) is 0.536. The van der Waals surface area contributed by atoms with Crippen LogP contribution >= 0.6 is 11.6 Å². The molecular weight excluding hydrogens is 336 g/mol. The minimum absolute atomic E-state index is 0.170. The number of rotatable bonds is 5. The number of ether oxygens (including phenoxy) is 2. The van der Waals surface area contributed by atoms with E-state index in [0.29, 0.717) is 16.5 Å². The lowest BCUT2D eigenvalue weighted by Gasteiger charge is -2.08. The largest absolute Gasteiger partial charge is 0.482 e. The predicted molar refractivity (Wildman–Crippen MR) is 99.2 cm³/mol. The van der Waals surface area contributed by atoms with Gasteiger partial charge in [-0.2, -0.15) is 0 Å². The van der Waals surface area contributed by atoms with E-state index in [1.807, 2.05) is 61.5 Å². The Morgan fingerprint density at radius 3 is 2.20 bits per heavy atom. The van der Waals surface area contributed by atoms with E-state index >= 15 is 0 Å². The van der Waals surface area contributed by atoms with Gasteiger partial charge in [-0.05, 0) is 47.9 Å². The summed E-state index contributed by atoms with van der Waals surface area (Å²) < 4.78 is 10.7. The van der Waals surface area contributed by atoms with Crippen LogP contribution in [0.2, 0.25) is 5.02 Å². The molecule has 0 N–H and O–H groups in total. The first kappa shape index (κ1) is 17.1. The highest BCUT2D eigenvalue weighted by Crippen LogP contribution is 2.23. The second-order valence-electron chi connectivity index (χ2n) is 5.56. The number of esters is 1. The number of aryl methyl sites for hydroxylation is 1. The van der Waals surface area contributed by atoms with Crippen molar-refractivity contribution in [3.63, 3.8) is 0 Å². The molecule has 4 heteroatoms. The van der Waals surface area contributed by atoms with Crippen LogP contribution < -0.4 is 9.47 Å². The Balaban J connectivity index is 1.56. The minimum Gasteiger partial charge on any atom is -0.482 e. The van der Waals surface area contributed by atoms with Crippen molar-refractivity contribution in [1.29, 1.82) is 0 Å². The SMILES string of the molecule is Cc1ccc(OC(=O)COc2ccc(-c3ccccc3)cc2)cc1Cl. The third kappa shape index (κ3) is 4.61. The number of halogens is 1. The maximum absolute atomic E-state index is 11.9. The third-order valence-corrected chi connectivity index (χ3v) is 4.10. The van der Waals surface area contributed by atoms with Crippen LogP contribution in [0.15, 0.2) is 72.8 Å². The highest BCUT2D eigenvalue weighted by Gasteiger charge is 2.08. The van der Waals surface area contributed by atoms with Crippen molar-refractivity contribution in [2.24, 2.45) is 0 Å². The van der Waals surface area contributed by atoms with Crippen molar-refractivity contribution >= 4 is 17.6 Å². The van der Waals surface area contributed by atoms with E-state index in [1.54, 1.807) is 18.2 Å². The zero-order chi connectivity index (χ0) is 17.6. The molecule has 0 atom stereocenters. The van der Waals surface area contributed by atoms with Crippen LogP contribution in [0.4, 0.5) is 0 Å². The number of benzene rings is 3. The molecule has 0 radical (unpaired) electrons. The lowest BCUT2D eigenvalue weighted by molar-refractivity contribution is -0.136. The van der Waals surface area contributed by atoms with Crippen LogP contribution in [0.25, 0.3) is 11.1 Å². The molecule has 3 nitrogen and oxygen atoms in total. The summed E-state index contributed by atoms with van der Waals surface area (Å²) >= 11 is 6.01. The number of carbonyl (C=O) groups is 1. The van der Waals surface area contributed by atoms with E-state index in [4.69, 9.17) is 21.1 Å². The van der Waals surface area contributed by atoms with Crippen molar-refractivity contribution in [1.82, 2.24) is 0 Å². The summed E-state index contributed by atoms with van der Waals surface area (Å²) in [6, 6.07) is 22.7. The monoisotopic (exact) mass is 352 g/mol. The lowest BCUT2D eigenvalue weighted by Crippen LogP contribution is -2.17. The van der Waals surface area contributed by atoms with E-state index in [0.717, 1.165) is 16.7 Å². The summed E-state index contributed by atoms with van der Waals surface area (Å²) in [6.45, 7) is 1.71. The fourth-order valence-electron chi connectivity index (χ4n) is 2.31. The first-order chi connectivity index (χ1) is 12.1. The van der Waals surface area contributed by atoms with Gasteiger partial charge >= 0.3 is 5.97 Å². The Morgan fingerprint density at radius 1 is 0.880 bits per heavy atom. The fraction of sp³-hybridized carbons (Fsp3) is 0.0952. The zero-order valence-corrected chi connectivity index (χ0v) is 14.5. The van der Waals surface area contributed by atoms with Crippen LogP contribution in [-0.4, -0.2) is 12.6 Å². The molecule has 3 aromatic rings. The summed E-state index contributed by atoms with van der Waals surface area (Å²) in [6.07, 6.45) is 0. The smallest absolute Gasteiger partial charge is 0.349 e. The zero-order valence-electron chi connectivity index (χ0n) is 13.7. The van der Waals surface area contributed by atoms with Gasteiger partial charge in [-0.15, -0.1) is 0 Å². The standard InChI is InChI=1S/C21H17ClO3/c1-15-7-10-19(13-20(15)22)25-21(23)14-24-18-11-8-17(9-12-18)16-5-3-2-4-6-16/h2-13H,14H2,1H3. The topological polar surface area (TPSA) is 35.5 Å². The van der Waals surface area contributed by atoms with Crippen LogP contribution in [0, 0.1) is 6.92 Å². The highest BCUT2D eigenvalue weighted by atomic mass is 35.5. The Kier molecular flexibility index (Phi) is 5.36. The molecule has 0 saturated heterocycles. The molecule has 0 amide bonds. The van der Waals surface area contributed by atoms with Crippen LogP contribution in [0.5, 0.6) is 11.5 Å². The molecule has 0 spiro atoms. The summed E-state index contributed by atoms with van der Waals surface area (Å²) in [4.78, 5) is 11.9. The van der Waals surface area contributed by atoms with E-state index < -0.39 is 5.97 Å². The third-order valence-electron chi connectivity index (χ3n) is 3.69. The quantitative estimate of drug-likeness (QED) is 0.461. The molecule has 0 aliphatic rings. The first-order valence-electron chi connectivity index (χ1n) is 7.87. The van der Waals surface area contributed by atoms with Gasteiger partial charge in [-0.3, -0.25) is 0 Å². The Morgan fingerprint density at radius 2 is 1.52 bits per heavy atom. The summed E-state index contributed by atoms with van der Waals surface area (Å²) in [5, 5.41) is 0.558. The molecule has 3 rings (SSSR count). The molecule has 0 heterocycles. The van der Waals surface area contributed by atoms with E-state index in [2.05, 4.69) is 0 Å². The van der Waals surface area contributed by atoms with Gasteiger partial charge in [0.25, 0.3) is 0 Å². The Bertz CT molecular complexity index is 858. The molecule has 0 saturated carbocycles. The molecule has 0 aliphatic heterocycles. The molecule has 0 aliphatic carbocycles. The summed E-state index contributed by atoms with van der Waals surface area (Å²) in [7, 11) is 0.